The number of nitrogens with zero attached hydrogens (tertiary/aromatic N) is 4. The Labute approximate surface area is 153 Å². The second-order valence-corrected chi connectivity index (χ2v) is 7.19. The van der Waals surface area contributed by atoms with Gasteiger partial charge in [0.05, 0.1) is 6.20 Å². The molecule has 0 unspecified atom stereocenters. The fourth-order valence-corrected chi connectivity index (χ4v) is 3.21. The molecule has 0 aromatic carbocycles. The highest BCUT2D eigenvalue weighted by molar-refractivity contribution is 5.79. The Morgan fingerprint density at radius 1 is 1.28 bits per heavy atom. The Bertz CT molecular complexity index is 502. The minimum absolute atomic E-state index is 0.842. The fourth-order valence-electron chi connectivity index (χ4n) is 3.21. The van der Waals surface area contributed by atoms with E-state index in [1.807, 2.05) is 17.9 Å². The van der Waals surface area contributed by atoms with Gasteiger partial charge in [-0.15, -0.1) is 0 Å². The number of aryl methyl sites for hydroxylation is 2. The van der Waals surface area contributed by atoms with Crippen molar-refractivity contribution in [3.63, 3.8) is 0 Å². The van der Waals surface area contributed by atoms with Gasteiger partial charge in [-0.2, -0.15) is 5.10 Å². The second kappa shape index (κ2) is 11.1. The normalized spacial score (nSPS) is 17.0. The lowest BCUT2D eigenvalue weighted by Gasteiger charge is -2.30. The molecule has 6 nitrogen and oxygen atoms in total. The van der Waals surface area contributed by atoms with Gasteiger partial charge in [0.1, 0.15) is 0 Å². The van der Waals surface area contributed by atoms with E-state index < -0.39 is 0 Å². The smallest absolute Gasteiger partial charge is 0.191 e. The van der Waals surface area contributed by atoms with Crippen molar-refractivity contribution < 1.29 is 0 Å². The number of guanidine groups is 1. The number of aromatic nitrogens is 2. The molecule has 25 heavy (non-hydrogen) atoms. The SMILES string of the molecule is CCNC(=NCCCc1cnn(C)c1)NCCCN1CCC(C)CC1. The third-order valence-corrected chi connectivity index (χ3v) is 4.82. The maximum Gasteiger partial charge on any atom is 0.191 e. The van der Waals surface area contributed by atoms with Crippen molar-refractivity contribution in [1.82, 2.24) is 25.3 Å². The number of likely N-dealkylation sites (tertiary alicyclic amines) is 1. The lowest BCUT2D eigenvalue weighted by molar-refractivity contribution is 0.191. The molecule has 0 saturated carbocycles. The van der Waals surface area contributed by atoms with E-state index in [0.717, 1.165) is 44.4 Å². The molecule has 6 heteroatoms. The van der Waals surface area contributed by atoms with Crippen LogP contribution in [0.25, 0.3) is 0 Å². The molecule has 1 aliphatic rings. The largest absolute Gasteiger partial charge is 0.357 e. The van der Waals surface area contributed by atoms with Crippen molar-refractivity contribution in [1.29, 1.82) is 0 Å². The van der Waals surface area contributed by atoms with Crippen molar-refractivity contribution in [3.8, 4) is 0 Å². The van der Waals surface area contributed by atoms with E-state index in [1.165, 1.54) is 44.5 Å². The van der Waals surface area contributed by atoms with E-state index in [2.05, 4.69) is 45.7 Å². The summed E-state index contributed by atoms with van der Waals surface area (Å²) in [5.41, 5.74) is 1.28. The maximum atomic E-state index is 4.68. The van der Waals surface area contributed by atoms with Crippen molar-refractivity contribution in [2.75, 3.05) is 39.3 Å². The van der Waals surface area contributed by atoms with Crippen LogP contribution in [0.2, 0.25) is 0 Å². The van der Waals surface area contributed by atoms with Gasteiger partial charge in [0.2, 0.25) is 0 Å². The highest BCUT2D eigenvalue weighted by Crippen LogP contribution is 2.15. The third kappa shape index (κ3) is 7.90. The molecular formula is C19H36N6. The molecule has 0 amide bonds. The molecular weight excluding hydrogens is 312 g/mol. The molecule has 1 aromatic heterocycles. The van der Waals surface area contributed by atoms with Gasteiger partial charge < -0.3 is 15.5 Å². The Hall–Kier alpha value is -1.56. The first-order chi connectivity index (χ1) is 12.2. The molecule has 0 radical (unpaired) electrons. The second-order valence-electron chi connectivity index (χ2n) is 7.19. The molecule has 142 valence electrons. The lowest BCUT2D eigenvalue weighted by Crippen LogP contribution is -2.39. The van der Waals surface area contributed by atoms with Crippen LogP contribution in [0, 0.1) is 5.92 Å². The van der Waals surface area contributed by atoms with Gasteiger partial charge in [-0.25, -0.2) is 0 Å². The van der Waals surface area contributed by atoms with Crippen LogP contribution in [0.15, 0.2) is 17.4 Å². The monoisotopic (exact) mass is 348 g/mol. The summed E-state index contributed by atoms with van der Waals surface area (Å²) >= 11 is 0. The van der Waals surface area contributed by atoms with Gasteiger partial charge in [-0.1, -0.05) is 6.92 Å². The zero-order valence-electron chi connectivity index (χ0n) is 16.3. The van der Waals surface area contributed by atoms with E-state index in [9.17, 15) is 0 Å². The number of rotatable bonds is 9. The van der Waals surface area contributed by atoms with Gasteiger partial charge in [0.25, 0.3) is 0 Å². The molecule has 2 heterocycles. The molecule has 2 N–H and O–H groups in total. The van der Waals surface area contributed by atoms with Gasteiger partial charge in [-0.05, 0) is 70.1 Å². The predicted octanol–water partition coefficient (Wildman–Crippen LogP) is 2.03. The first kappa shape index (κ1) is 19.8. The average Bonchev–Trinajstić information content (AvgIpc) is 3.02. The quantitative estimate of drug-likeness (QED) is 0.407. The Morgan fingerprint density at radius 2 is 2.08 bits per heavy atom. The van der Waals surface area contributed by atoms with E-state index in [4.69, 9.17) is 0 Å². The van der Waals surface area contributed by atoms with E-state index in [1.54, 1.807) is 0 Å². The predicted molar refractivity (Wildman–Crippen MR) is 105 cm³/mol. The van der Waals surface area contributed by atoms with Crippen molar-refractivity contribution in [3.05, 3.63) is 18.0 Å². The summed E-state index contributed by atoms with van der Waals surface area (Å²) in [4.78, 5) is 7.28. The summed E-state index contributed by atoms with van der Waals surface area (Å²) in [6.07, 6.45) is 9.98. The van der Waals surface area contributed by atoms with Crippen LogP contribution < -0.4 is 10.6 Å². The number of nitrogens with one attached hydrogen (secondary N) is 2. The van der Waals surface area contributed by atoms with Gasteiger partial charge >= 0.3 is 0 Å². The van der Waals surface area contributed by atoms with Crippen LogP contribution in [0.4, 0.5) is 0 Å². The molecule has 1 aromatic rings. The fraction of sp³-hybridized carbons (Fsp3) is 0.789. The first-order valence-electron chi connectivity index (χ1n) is 9.89. The molecule has 1 saturated heterocycles. The van der Waals surface area contributed by atoms with Crippen LogP contribution in [0.3, 0.4) is 0 Å². The first-order valence-corrected chi connectivity index (χ1v) is 9.89. The number of piperidine rings is 1. The summed E-state index contributed by atoms with van der Waals surface area (Å²) < 4.78 is 1.85. The Balaban J connectivity index is 1.60. The average molecular weight is 349 g/mol. The van der Waals surface area contributed by atoms with Crippen molar-refractivity contribution >= 4 is 5.96 Å². The summed E-state index contributed by atoms with van der Waals surface area (Å²) in [7, 11) is 1.96. The minimum atomic E-state index is 0.842. The minimum Gasteiger partial charge on any atom is -0.357 e. The Morgan fingerprint density at radius 3 is 2.76 bits per heavy atom. The van der Waals surface area contributed by atoms with Gasteiger partial charge in [-0.3, -0.25) is 9.67 Å². The molecule has 0 bridgehead atoms. The summed E-state index contributed by atoms with van der Waals surface area (Å²) in [6, 6.07) is 0. The highest BCUT2D eigenvalue weighted by Gasteiger charge is 2.14. The van der Waals surface area contributed by atoms with E-state index in [-0.39, 0.29) is 0 Å². The lowest BCUT2D eigenvalue weighted by atomic mass is 9.99. The van der Waals surface area contributed by atoms with Crippen LogP contribution >= 0.6 is 0 Å². The topological polar surface area (TPSA) is 57.5 Å². The zero-order valence-corrected chi connectivity index (χ0v) is 16.3. The van der Waals surface area contributed by atoms with E-state index >= 15 is 0 Å². The van der Waals surface area contributed by atoms with Crippen LogP contribution in [-0.2, 0) is 13.5 Å². The summed E-state index contributed by atoms with van der Waals surface area (Å²) in [6.45, 7) is 10.9. The number of hydrogen-bond acceptors (Lipinski definition) is 3. The number of hydrogen-bond donors (Lipinski definition) is 2. The molecule has 0 aliphatic carbocycles. The molecule has 2 rings (SSSR count). The van der Waals surface area contributed by atoms with E-state index in [0.29, 0.717) is 0 Å². The highest BCUT2D eigenvalue weighted by atomic mass is 15.2. The zero-order chi connectivity index (χ0) is 17.9. The molecule has 0 atom stereocenters. The molecule has 1 aliphatic heterocycles. The molecule has 0 spiro atoms. The van der Waals surface area contributed by atoms with Gasteiger partial charge in [0, 0.05) is 32.9 Å². The van der Waals surface area contributed by atoms with Crippen molar-refractivity contribution in [2.24, 2.45) is 18.0 Å². The summed E-state index contributed by atoms with van der Waals surface area (Å²) in [5, 5.41) is 11.0. The van der Waals surface area contributed by atoms with Gasteiger partial charge in [0.15, 0.2) is 5.96 Å². The van der Waals surface area contributed by atoms with Crippen molar-refractivity contribution in [2.45, 2.75) is 46.0 Å². The standard InChI is InChI=1S/C19H36N6/c1-4-20-19(21-10-5-7-18-15-23-24(3)16-18)22-11-6-12-25-13-8-17(2)9-14-25/h15-17H,4-14H2,1-3H3,(H2,20,21,22). The van der Waals surface area contributed by atoms with Crippen LogP contribution in [0.1, 0.15) is 45.1 Å². The molecule has 1 fully saturated rings. The maximum absolute atomic E-state index is 4.68. The van der Waals surface area contributed by atoms with Crippen LogP contribution in [0.5, 0.6) is 0 Å². The van der Waals surface area contributed by atoms with Crippen LogP contribution in [-0.4, -0.2) is 59.9 Å². The third-order valence-electron chi connectivity index (χ3n) is 4.82. The number of aliphatic imine (C=N–C) groups is 1. The summed E-state index contributed by atoms with van der Waals surface area (Å²) in [5.74, 6) is 1.86. The Kier molecular flexibility index (Phi) is 8.80.